The number of benzene rings is 1. The third-order valence-electron chi connectivity index (χ3n) is 2.15. The zero-order valence-corrected chi connectivity index (χ0v) is 14.7. The van der Waals surface area contributed by atoms with Gasteiger partial charge in [-0.1, -0.05) is 43.3 Å². The first-order chi connectivity index (χ1) is 6.83. The normalized spacial score (nSPS) is 13.1. The molecule has 0 unspecified atom stereocenters. The maximum absolute atomic E-state index is 3.26. The van der Waals surface area contributed by atoms with Crippen molar-refractivity contribution in [2.24, 2.45) is 0 Å². The van der Waals surface area contributed by atoms with Crippen molar-refractivity contribution < 1.29 is 18.2 Å². The molecular weight excluding hydrogens is 470 g/mol. The number of halogens is 2. The Morgan fingerprint density at radius 2 is 1.79 bits per heavy atom. The summed E-state index contributed by atoms with van der Waals surface area (Å²) in [4.78, 5) is 0. The monoisotopic (exact) mass is 481 g/mol. The van der Waals surface area contributed by atoms with E-state index in [1.165, 1.54) is 17.0 Å². The second-order valence-electron chi connectivity index (χ2n) is 2.87. The predicted molar refractivity (Wildman–Crippen MR) is 66.0 cm³/mol. The van der Waals surface area contributed by atoms with E-state index in [4.69, 9.17) is 0 Å². The maximum atomic E-state index is 3.26. The topological polar surface area (TPSA) is 0 Å². The molecule has 1 aromatic rings. The standard InChI is InChI=1S/C11H11.2BrH.Hf/c1-2-9-7-8-10-5-3-4-6-11(9)10;;;/h3-8H,2H2,1H3;2*1H;/q;;;+2/p-2. The molecule has 0 saturated carbocycles. The molecule has 0 amide bonds. The third kappa shape index (κ3) is 3.42. The van der Waals surface area contributed by atoms with Gasteiger partial charge in [0.2, 0.25) is 0 Å². The first-order valence-electron chi connectivity index (χ1n) is 4.43. The van der Waals surface area contributed by atoms with Crippen LogP contribution in [0, 0.1) is 5.92 Å². The summed E-state index contributed by atoms with van der Waals surface area (Å²) in [6.45, 7) is 2.20. The van der Waals surface area contributed by atoms with E-state index in [9.17, 15) is 0 Å². The van der Waals surface area contributed by atoms with Crippen molar-refractivity contribution in [3.05, 3.63) is 47.4 Å². The van der Waals surface area contributed by atoms with Crippen LogP contribution >= 0.6 is 24.6 Å². The van der Waals surface area contributed by atoms with Crippen molar-refractivity contribution in [2.45, 2.75) is 13.3 Å². The fourth-order valence-corrected chi connectivity index (χ4v) is 1.52. The van der Waals surface area contributed by atoms with Gasteiger partial charge in [-0.25, -0.2) is 0 Å². The number of allylic oxidation sites excluding steroid dienone is 1. The van der Waals surface area contributed by atoms with Crippen LogP contribution < -0.4 is 0 Å². The fourth-order valence-electron chi connectivity index (χ4n) is 1.52. The summed E-state index contributed by atoms with van der Waals surface area (Å²) < 4.78 is 0. The molecule has 3 heteroatoms. The summed E-state index contributed by atoms with van der Waals surface area (Å²) in [6.07, 6.45) is 5.53. The number of hydrogen-bond donors (Lipinski definition) is 0. The Morgan fingerprint density at radius 1 is 1.14 bits per heavy atom. The van der Waals surface area contributed by atoms with Crippen LogP contribution in [0.25, 0.3) is 6.08 Å². The van der Waals surface area contributed by atoms with Crippen molar-refractivity contribution in [1.82, 2.24) is 0 Å². The van der Waals surface area contributed by atoms with Crippen molar-refractivity contribution >= 4 is 30.7 Å². The summed E-state index contributed by atoms with van der Waals surface area (Å²) in [7, 11) is 0. The average Bonchev–Trinajstić information content (AvgIpc) is 2.62. The Kier molecular flexibility index (Phi) is 6.55. The summed E-state index contributed by atoms with van der Waals surface area (Å²) in [6, 6.07) is 8.53. The van der Waals surface area contributed by atoms with E-state index in [0.717, 1.165) is 6.42 Å². The van der Waals surface area contributed by atoms with Gasteiger partial charge in [0.15, 0.2) is 0 Å². The summed E-state index contributed by atoms with van der Waals surface area (Å²) in [5.74, 6) is 1.46. The van der Waals surface area contributed by atoms with Gasteiger partial charge in [0.05, 0.1) is 0 Å². The van der Waals surface area contributed by atoms with Crippen LogP contribution in [0.1, 0.15) is 24.5 Å². The van der Waals surface area contributed by atoms with Gasteiger partial charge in [-0.3, -0.25) is 0 Å². The predicted octanol–water partition coefficient (Wildman–Crippen LogP) is 4.73. The van der Waals surface area contributed by atoms with Crippen molar-refractivity contribution in [3.8, 4) is 0 Å². The molecule has 14 heavy (non-hydrogen) atoms. The van der Waals surface area contributed by atoms with E-state index in [0.29, 0.717) is 0 Å². The first kappa shape index (κ1) is 12.9. The molecule has 1 aliphatic carbocycles. The Labute approximate surface area is 109 Å². The molecule has 1 aliphatic rings. The van der Waals surface area contributed by atoms with Gasteiger partial charge in [-0.15, -0.1) is 0 Å². The van der Waals surface area contributed by atoms with Gasteiger partial charge in [0.25, 0.3) is 0 Å². The SMILES string of the molecule is CC[C]1C=Cc2ccccc21.[Br][Hf][Br]. The van der Waals surface area contributed by atoms with E-state index in [1.54, 1.807) is 0 Å². The van der Waals surface area contributed by atoms with Crippen molar-refractivity contribution in [1.29, 1.82) is 0 Å². The van der Waals surface area contributed by atoms with Gasteiger partial charge in [0.1, 0.15) is 0 Å². The van der Waals surface area contributed by atoms with E-state index in [2.05, 4.69) is 67.9 Å². The molecule has 0 aromatic heterocycles. The quantitative estimate of drug-likeness (QED) is 0.509. The van der Waals surface area contributed by atoms with E-state index >= 15 is 0 Å². The molecule has 2 rings (SSSR count). The second kappa shape index (κ2) is 7.13. The van der Waals surface area contributed by atoms with E-state index in [-0.39, 0.29) is 18.2 Å². The zero-order valence-electron chi connectivity index (χ0n) is 7.93. The van der Waals surface area contributed by atoms with Crippen molar-refractivity contribution in [2.75, 3.05) is 0 Å². The van der Waals surface area contributed by atoms with Gasteiger partial charge in [0, 0.05) is 5.92 Å². The van der Waals surface area contributed by atoms with Crippen LogP contribution in [-0.4, -0.2) is 0 Å². The zero-order chi connectivity index (χ0) is 10.4. The minimum absolute atomic E-state index is 0.292. The summed E-state index contributed by atoms with van der Waals surface area (Å²) in [5, 5.41) is 0. The van der Waals surface area contributed by atoms with E-state index in [1.807, 2.05) is 0 Å². The molecule has 0 N–H and O–H groups in total. The molecule has 73 valence electrons. The van der Waals surface area contributed by atoms with Crippen LogP contribution in [0.2, 0.25) is 0 Å². The van der Waals surface area contributed by atoms with Crippen molar-refractivity contribution in [3.63, 3.8) is 0 Å². The second-order valence-corrected chi connectivity index (χ2v) is 18.6. The fraction of sp³-hybridized carbons (Fsp3) is 0.182. The van der Waals surface area contributed by atoms with Crippen LogP contribution in [0.5, 0.6) is 0 Å². The number of fused-ring (bicyclic) bond motifs is 1. The van der Waals surface area contributed by atoms with E-state index < -0.39 is 0 Å². The molecule has 1 aromatic carbocycles. The summed E-state index contributed by atoms with van der Waals surface area (Å²) >= 11 is 6.22. The average molecular weight is 482 g/mol. The number of hydrogen-bond acceptors (Lipinski definition) is 0. The molecule has 0 nitrogen and oxygen atoms in total. The van der Waals surface area contributed by atoms with Gasteiger partial charge < -0.3 is 0 Å². The minimum atomic E-state index is -0.292. The third-order valence-corrected chi connectivity index (χ3v) is 2.15. The molecule has 1 radical (unpaired) electrons. The first-order valence-corrected chi connectivity index (χ1v) is 20.1. The number of rotatable bonds is 1. The van der Waals surface area contributed by atoms with Gasteiger partial charge in [-0.05, 0) is 17.5 Å². The van der Waals surface area contributed by atoms with Crippen LogP contribution in [-0.2, 0) is 18.2 Å². The van der Waals surface area contributed by atoms with Gasteiger partial charge >= 0.3 is 42.8 Å². The Bertz CT molecular complexity index is 310. The molecule has 0 heterocycles. The molecular formula is C11H11Br2Hf. The molecule has 0 fully saturated rings. The van der Waals surface area contributed by atoms with Gasteiger partial charge in [-0.2, -0.15) is 0 Å². The molecule has 0 aliphatic heterocycles. The molecule has 0 atom stereocenters. The molecule has 0 bridgehead atoms. The summed E-state index contributed by atoms with van der Waals surface area (Å²) in [5.41, 5.74) is 2.78. The molecule has 0 saturated heterocycles. The Hall–Kier alpha value is 0.790. The Balaban J connectivity index is 0.000000293. The van der Waals surface area contributed by atoms with Crippen LogP contribution in [0.3, 0.4) is 0 Å². The molecule has 0 spiro atoms. The van der Waals surface area contributed by atoms with Crippen LogP contribution in [0.4, 0.5) is 0 Å². The Morgan fingerprint density at radius 3 is 2.43 bits per heavy atom. The van der Waals surface area contributed by atoms with Crippen LogP contribution in [0.15, 0.2) is 30.3 Å².